The van der Waals surface area contributed by atoms with E-state index < -0.39 is 0 Å². The van der Waals surface area contributed by atoms with Crippen LogP contribution in [0.15, 0.2) is 89.7 Å². The lowest BCUT2D eigenvalue weighted by molar-refractivity contribution is 0.519. The van der Waals surface area contributed by atoms with E-state index in [0.29, 0.717) is 6.42 Å². The van der Waals surface area contributed by atoms with Crippen molar-refractivity contribution in [1.29, 1.82) is 0 Å². The summed E-state index contributed by atoms with van der Waals surface area (Å²) in [6.07, 6.45) is 5.21. The van der Waals surface area contributed by atoms with Crippen molar-refractivity contribution in [1.82, 2.24) is 14.4 Å². The summed E-state index contributed by atoms with van der Waals surface area (Å²) in [5.41, 5.74) is 7.30. The second kappa shape index (κ2) is 7.40. The fourth-order valence-corrected chi connectivity index (χ4v) is 3.67. The van der Waals surface area contributed by atoms with Crippen molar-refractivity contribution in [2.45, 2.75) is 19.8 Å². The van der Waals surface area contributed by atoms with Gasteiger partial charge in [-0.3, -0.25) is 0 Å². The van der Waals surface area contributed by atoms with Gasteiger partial charge < -0.3 is 8.82 Å². The molecule has 0 N–H and O–H groups in total. The Labute approximate surface area is 169 Å². The van der Waals surface area contributed by atoms with Gasteiger partial charge in [0.25, 0.3) is 0 Å². The van der Waals surface area contributed by atoms with Crippen LogP contribution in [-0.2, 0) is 12.8 Å². The number of aryl methyl sites for hydroxylation is 1. The largest absolute Gasteiger partial charge is 0.469 e. The first kappa shape index (κ1) is 17.4. The third kappa shape index (κ3) is 3.45. The van der Waals surface area contributed by atoms with E-state index in [1.165, 1.54) is 5.56 Å². The first-order valence-electron chi connectivity index (χ1n) is 9.77. The van der Waals surface area contributed by atoms with Crippen molar-refractivity contribution in [3.05, 3.63) is 114 Å². The molecule has 0 atom stereocenters. The quantitative estimate of drug-likeness (QED) is 0.406. The summed E-state index contributed by atoms with van der Waals surface area (Å²) in [7, 11) is 0. The minimum absolute atomic E-state index is 0.673. The minimum Gasteiger partial charge on any atom is -0.469 e. The van der Waals surface area contributed by atoms with Crippen LogP contribution in [-0.4, -0.2) is 14.4 Å². The number of hydrogen-bond donors (Lipinski definition) is 0. The number of imidazole rings is 1. The Hall–Kier alpha value is -3.66. The highest BCUT2D eigenvalue weighted by Gasteiger charge is 2.16. The van der Waals surface area contributed by atoms with Gasteiger partial charge in [0.2, 0.25) is 0 Å². The average molecular weight is 379 g/mol. The zero-order valence-electron chi connectivity index (χ0n) is 16.2. The van der Waals surface area contributed by atoms with Crippen molar-refractivity contribution < 1.29 is 4.42 Å². The first-order valence-corrected chi connectivity index (χ1v) is 9.77. The highest BCUT2D eigenvalue weighted by Crippen LogP contribution is 2.24. The van der Waals surface area contributed by atoms with Crippen LogP contribution < -0.4 is 0 Å². The van der Waals surface area contributed by atoms with Gasteiger partial charge in [-0.2, -0.15) is 0 Å². The van der Waals surface area contributed by atoms with Crippen LogP contribution in [0.1, 0.15) is 28.4 Å². The molecule has 0 fully saturated rings. The molecule has 4 nitrogen and oxygen atoms in total. The Morgan fingerprint density at radius 2 is 1.55 bits per heavy atom. The van der Waals surface area contributed by atoms with Crippen molar-refractivity contribution in [3.63, 3.8) is 0 Å². The number of furan rings is 1. The van der Waals surface area contributed by atoms with Crippen LogP contribution in [0.4, 0.5) is 0 Å². The van der Waals surface area contributed by atoms with Crippen LogP contribution in [0.2, 0.25) is 0 Å². The maximum absolute atomic E-state index is 5.54. The molecule has 0 aliphatic heterocycles. The number of hydrogen-bond acceptors (Lipinski definition) is 3. The van der Waals surface area contributed by atoms with Gasteiger partial charge in [0.05, 0.1) is 23.3 Å². The molecule has 3 aromatic heterocycles. The zero-order valence-corrected chi connectivity index (χ0v) is 16.2. The van der Waals surface area contributed by atoms with E-state index in [0.717, 1.165) is 46.2 Å². The highest BCUT2D eigenvalue weighted by atomic mass is 16.3. The summed E-state index contributed by atoms with van der Waals surface area (Å²) in [5.74, 6) is 0.914. The monoisotopic (exact) mass is 379 g/mol. The van der Waals surface area contributed by atoms with Gasteiger partial charge in [0.1, 0.15) is 5.76 Å². The Morgan fingerprint density at radius 3 is 2.28 bits per heavy atom. The predicted molar refractivity (Wildman–Crippen MR) is 114 cm³/mol. The molecule has 0 saturated heterocycles. The standard InChI is InChI=1S/C25H21N3O/c1-18-22(16-21-13-8-14-29-21)27-25-23(15-19-9-4-2-5-10-19)26-24(17-28(18)25)20-11-6-3-7-12-20/h2-14,17H,15-16H2,1H3. The molecular weight excluding hydrogens is 358 g/mol. The minimum atomic E-state index is 0.673. The fourth-order valence-electron chi connectivity index (χ4n) is 3.67. The van der Waals surface area contributed by atoms with Crippen molar-refractivity contribution in [2.75, 3.05) is 0 Å². The molecule has 0 bridgehead atoms. The molecular formula is C25H21N3O. The normalized spacial score (nSPS) is 11.2. The lowest BCUT2D eigenvalue weighted by atomic mass is 10.1. The molecule has 0 spiro atoms. The van der Waals surface area contributed by atoms with E-state index in [9.17, 15) is 0 Å². The van der Waals surface area contributed by atoms with Crippen LogP contribution in [0.3, 0.4) is 0 Å². The van der Waals surface area contributed by atoms with Gasteiger partial charge in [0.15, 0.2) is 5.65 Å². The molecule has 0 aliphatic carbocycles. The molecule has 0 unspecified atom stereocenters. The van der Waals surface area contributed by atoms with Gasteiger partial charge in [0, 0.05) is 30.3 Å². The van der Waals surface area contributed by atoms with E-state index in [1.807, 2.05) is 36.4 Å². The highest BCUT2D eigenvalue weighted by molar-refractivity contribution is 5.62. The molecule has 5 aromatic rings. The molecule has 142 valence electrons. The number of benzene rings is 2. The Balaban J connectivity index is 1.67. The van der Waals surface area contributed by atoms with E-state index in [4.69, 9.17) is 14.4 Å². The second-order valence-electron chi connectivity index (χ2n) is 7.19. The molecule has 5 rings (SSSR count). The van der Waals surface area contributed by atoms with Gasteiger partial charge in [-0.1, -0.05) is 60.7 Å². The molecule has 0 saturated carbocycles. The van der Waals surface area contributed by atoms with Crippen molar-refractivity contribution in [3.8, 4) is 11.3 Å². The van der Waals surface area contributed by atoms with Gasteiger partial charge in [-0.05, 0) is 24.6 Å². The summed E-state index contributed by atoms with van der Waals surface area (Å²) in [6, 6.07) is 24.6. The molecule has 29 heavy (non-hydrogen) atoms. The summed E-state index contributed by atoms with van der Waals surface area (Å²) < 4.78 is 7.71. The van der Waals surface area contributed by atoms with Gasteiger partial charge in [-0.15, -0.1) is 0 Å². The van der Waals surface area contributed by atoms with Gasteiger partial charge >= 0.3 is 0 Å². The maximum Gasteiger partial charge on any atom is 0.159 e. The Kier molecular flexibility index (Phi) is 4.45. The van der Waals surface area contributed by atoms with E-state index in [1.54, 1.807) is 6.26 Å². The average Bonchev–Trinajstić information content (AvgIpc) is 3.38. The summed E-state index contributed by atoms with van der Waals surface area (Å²) in [6.45, 7) is 2.11. The summed E-state index contributed by atoms with van der Waals surface area (Å²) in [4.78, 5) is 9.97. The Bertz CT molecular complexity index is 1240. The zero-order chi connectivity index (χ0) is 19.6. The van der Waals surface area contributed by atoms with Crippen LogP contribution in [0.5, 0.6) is 0 Å². The van der Waals surface area contributed by atoms with E-state index in [-0.39, 0.29) is 0 Å². The smallest absolute Gasteiger partial charge is 0.159 e. The number of nitrogens with zero attached hydrogens (tertiary/aromatic N) is 3. The van der Waals surface area contributed by atoms with Crippen molar-refractivity contribution >= 4 is 5.65 Å². The molecule has 4 heteroatoms. The summed E-state index contributed by atoms with van der Waals surface area (Å²) in [5, 5.41) is 0. The maximum atomic E-state index is 5.54. The number of fused-ring (bicyclic) bond motifs is 1. The molecule has 0 radical (unpaired) electrons. The lowest BCUT2D eigenvalue weighted by Crippen LogP contribution is -2.01. The molecule has 0 amide bonds. The van der Waals surface area contributed by atoms with Crippen LogP contribution in [0, 0.1) is 6.92 Å². The van der Waals surface area contributed by atoms with Crippen LogP contribution >= 0.6 is 0 Å². The molecule has 2 aromatic carbocycles. The Morgan fingerprint density at radius 1 is 0.793 bits per heavy atom. The second-order valence-corrected chi connectivity index (χ2v) is 7.19. The van der Waals surface area contributed by atoms with E-state index in [2.05, 4.69) is 53.9 Å². The summed E-state index contributed by atoms with van der Waals surface area (Å²) >= 11 is 0. The topological polar surface area (TPSA) is 43.3 Å². The van der Waals surface area contributed by atoms with Crippen LogP contribution in [0.25, 0.3) is 16.9 Å². The lowest BCUT2D eigenvalue weighted by Gasteiger charge is -2.09. The van der Waals surface area contributed by atoms with E-state index >= 15 is 0 Å². The molecule has 3 heterocycles. The first-order chi connectivity index (χ1) is 14.3. The predicted octanol–water partition coefficient (Wildman–Crippen LogP) is 5.48. The fraction of sp³-hybridized carbons (Fsp3) is 0.120. The molecule has 0 aliphatic rings. The SMILES string of the molecule is Cc1c(Cc2ccco2)nc2c(Cc3ccccc3)nc(-c3ccccc3)cn12. The number of rotatable bonds is 5. The van der Waals surface area contributed by atoms with Gasteiger partial charge in [-0.25, -0.2) is 9.97 Å². The van der Waals surface area contributed by atoms with Crippen molar-refractivity contribution in [2.24, 2.45) is 0 Å². The number of aromatic nitrogens is 3. The third-order valence-corrected chi connectivity index (χ3v) is 5.22. The third-order valence-electron chi connectivity index (χ3n) is 5.22.